The van der Waals surface area contributed by atoms with Crippen molar-refractivity contribution in [2.75, 3.05) is 18.1 Å². The van der Waals surface area contributed by atoms with E-state index in [-0.39, 0.29) is 18.5 Å². The minimum absolute atomic E-state index is 0.233. The van der Waals surface area contributed by atoms with Crippen molar-refractivity contribution >= 4 is 23.6 Å². The van der Waals surface area contributed by atoms with Crippen molar-refractivity contribution in [3.63, 3.8) is 0 Å². The summed E-state index contributed by atoms with van der Waals surface area (Å²) in [5, 5.41) is 8.98. The molecule has 0 bridgehead atoms. The van der Waals surface area contributed by atoms with Crippen molar-refractivity contribution in [3.05, 3.63) is 35.9 Å². The number of hydrogen-bond donors (Lipinski definition) is 2. The van der Waals surface area contributed by atoms with Gasteiger partial charge in [-0.05, 0) is 5.56 Å². The van der Waals surface area contributed by atoms with Crippen LogP contribution in [0.4, 0.5) is 0 Å². The standard InChI is InChI=1S/C13H16N2O3S/c14-10-7-19-8-11(9-4-2-1-3-5-9)15(13(10)18)6-12(16)17/h1-5,10-11H,6-8,14H2,(H,16,17)/t10?,11-/m0/s1. The van der Waals surface area contributed by atoms with Crippen LogP contribution in [0.2, 0.25) is 0 Å². The molecule has 0 saturated carbocycles. The molecule has 1 fully saturated rings. The predicted molar refractivity (Wildman–Crippen MR) is 73.8 cm³/mol. The van der Waals surface area contributed by atoms with Crippen LogP contribution in [0.5, 0.6) is 0 Å². The molecule has 1 heterocycles. The first-order valence-electron chi connectivity index (χ1n) is 6.00. The number of thioether (sulfide) groups is 1. The molecule has 102 valence electrons. The lowest BCUT2D eigenvalue weighted by Crippen LogP contribution is -2.47. The first-order valence-corrected chi connectivity index (χ1v) is 7.15. The van der Waals surface area contributed by atoms with E-state index in [1.807, 2.05) is 30.3 Å². The average Bonchev–Trinajstić information content (AvgIpc) is 2.53. The number of carboxylic acid groups (broad SMARTS) is 1. The molecule has 1 aromatic rings. The number of carbonyl (C=O) groups excluding carboxylic acids is 1. The number of carboxylic acids is 1. The van der Waals surface area contributed by atoms with Gasteiger partial charge in [-0.25, -0.2) is 0 Å². The van der Waals surface area contributed by atoms with Gasteiger partial charge in [-0.15, -0.1) is 0 Å². The van der Waals surface area contributed by atoms with Gasteiger partial charge in [0.25, 0.3) is 0 Å². The SMILES string of the molecule is NC1CSC[C@@H](c2ccccc2)N(CC(=O)O)C1=O. The summed E-state index contributed by atoms with van der Waals surface area (Å²) >= 11 is 1.58. The number of nitrogens with zero attached hydrogens (tertiary/aromatic N) is 1. The maximum Gasteiger partial charge on any atom is 0.323 e. The number of rotatable bonds is 3. The van der Waals surface area contributed by atoms with Gasteiger partial charge in [0.05, 0.1) is 12.1 Å². The van der Waals surface area contributed by atoms with E-state index in [2.05, 4.69) is 0 Å². The third-order valence-electron chi connectivity index (χ3n) is 3.04. The molecule has 0 aliphatic carbocycles. The number of aliphatic carboxylic acids is 1. The zero-order valence-electron chi connectivity index (χ0n) is 10.4. The van der Waals surface area contributed by atoms with Gasteiger partial charge >= 0.3 is 5.97 Å². The molecule has 0 spiro atoms. The summed E-state index contributed by atoms with van der Waals surface area (Å²) in [5.41, 5.74) is 6.72. The summed E-state index contributed by atoms with van der Waals surface area (Å²) in [6.07, 6.45) is 0. The minimum Gasteiger partial charge on any atom is -0.480 e. The fourth-order valence-electron chi connectivity index (χ4n) is 2.12. The van der Waals surface area contributed by atoms with E-state index in [1.54, 1.807) is 11.8 Å². The molecule has 3 N–H and O–H groups in total. The Hall–Kier alpha value is -1.53. The Morgan fingerprint density at radius 3 is 2.68 bits per heavy atom. The first-order chi connectivity index (χ1) is 9.09. The molecule has 1 aliphatic heterocycles. The molecular formula is C13H16N2O3S. The highest BCUT2D eigenvalue weighted by Crippen LogP contribution is 2.28. The van der Waals surface area contributed by atoms with Crippen molar-refractivity contribution in [2.24, 2.45) is 5.73 Å². The lowest BCUT2D eigenvalue weighted by Gasteiger charge is -2.29. The number of nitrogens with two attached hydrogens (primary N) is 1. The molecule has 2 rings (SSSR count). The quantitative estimate of drug-likeness (QED) is 0.852. The molecule has 0 radical (unpaired) electrons. The van der Waals surface area contributed by atoms with Gasteiger partial charge in [0.1, 0.15) is 6.54 Å². The Morgan fingerprint density at radius 1 is 1.37 bits per heavy atom. The van der Waals surface area contributed by atoms with Crippen LogP contribution in [0.1, 0.15) is 11.6 Å². The molecule has 1 aromatic carbocycles. The highest BCUT2D eigenvalue weighted by molar-refractivity contribution is 7.99. The van der Waals surface area contributed by atoms with Gasteiger partial charge in [0.2, 0.25) is 5.91 Å². The van der Waals surface area contributed by atoms with E-state index in [1.165, 1.54) is 4.90 Å². The molecule has 19 heavy (non-hydrogen) atoms. The van der Waals surface area contributed by atoms with Crippen LogP contribution in [0.25, 0.3) is 0 Å². The van der Waals surface area contributed by atoms with Gasteiger partial charge in [0.15, 0.2) is 0 Å². The van der Waals surface area contributed by atoms with Gasteiger partial charge in [-0.1, -0.05) is 30.3 Å². The molecule has 0 aromatic heterocycles. The highest BCUT2D eigenvalue weighted by atomic mass is 32.2. The van der Waals surface area contributed by atoms with E-state index < -0.39 is 12.0 Å². The second kappa shape index (κ2) is 6.08. The summed E-state index contributed by atoms with van der Waals surface area (Å²) in [5.74, 6) is -0.121. The number of benzene rings is 1. The summed E-state index contributed by atoms with van der Waals surface area (Å²) < 4.78 is 0. The van der Waals surface area contributed by atoms with Crippen molar-refractivity contribution in [2.45, 2.75) is 12.1 Å². The van der Waals surface area contributed by atoms with Crippen LogP contribution in [0.15, 0.2) is 30.3 Å². The van der Waals surface area contributed by atoms with Crippen LogP contribution in [0, 0.1) is 0 Å². The summed E-state index contributed by atoms with van der Waals surface area (Å²) in [6, 6.07) is 8.61. The van der Waals surface area contributed by atoms with Gasteiger partial charge in [-0.3, -0.25) is 9.59 Å². The van der Waals surface area contributed by atoms with Gasteiger partial charge in [-0.2, -0.15) is 11.8 Å². The van der Waals surface area contributed by atoms with E-state index in [4.69, 9.17) is 10.8 Å². The lowest BCUT2D eigenvalue weighted by atomic mass is 10.1. The van der Waals surface area contributed by atoms with E-state index in [0.29, 0.717) is 11.5 Å². The highest BCUT2D eigenvalue weighted by Gasteiger charge is 2.33. The third kappa shape index (κ3) is 3.27. The van der Waals surface area contributed by atoms with Crippen molar-refractivity contribution < 1.29 is 14.7 Å². The molecular weight excluding hydrogens is 264 g/mol. The largest absolute Gasteiger partial charge is 0.480 e. The molecule has 1 unspecified atom stereocenters. The van der Waals surface area contributed by atoms with Crippen molar-refractivity contribution in [1.29, 1.82) is 0 Å². The normalized spacial score (nSPS) is 24.1. The van der Waals surface area contributed by atoms with Gasteiger partial charge in [0, 0.05) is 11.5 Å². The number of hydrogen-bond acceptors (Lipinski definition) is 4. The van der Waals surface area contributed by atoms with Crippen LogP contribution in [-0.2, 0) is 9.59 Å². The fourth-order valence-corrected chi connectivity index (χ4v) is 3.25. The van der Waals surface area contributed by atoms with Gasteiger partial charge < -0.3 is 15.7 Å². The number of amides is 1. The Balaban J connectivity index is 2.31. The smallest absolute Gasteiger partial charge is 0.323 e. The van der Waals surface area contributed by atoms with Crippen LogP contribution in [0.3, 0.4) is 0 Å². The molecule has 1 saturated heterocycles. The third-order valence-corrected chi connectivity index (χ3v) is 4.19. The predicted octanol–water partition coefficient (Wildman–Crippen LogP) is 0.715. The van der Waals surface area contributed by atoms with E-state index in [9.17, 15) is 9.59 Å². The Kier molecular flexibility index (Phi) is 4.44. The molecule has 5 nitrogen and oxygen atoms in total. The zero-order valence-corrected chi connectivity index (χ0v) is 11.2. The summed E-state index contributed by atoms with van der Waals surface area (Å²) in [6.45, 7) is -0.313. The van der Waals surface area contributed by atoms with Crippen molar-refractivity contribution in [3.8, 4) is 0 Å². The summed E-state index contributed by atoms with van der Waals surface area (Å²) in [7, 11) is 0. The molecule has 1 amide bonds. The maximum atomic E-state index is 12.2. The Morgan fingerprint density at radius 2 is 2.05 bits per heavy atom. The number of carbonyl (C=O) groups is 2. The van der Waals surface area contributed by atoms with Crippen LogP contribution in [-0.4, -0.2) is 46.0 Å². The first kappa shape index (κ1) is 13.9. The summed E-state index contributed by atoms with van der Waals surface area (Å²) in [4.78, 5) is 24.5. The van der Waals surface area contributed by atoms with E-state index >= 15 is 0 Å². The lowest BCUT2D eigenvalue weighted by molar-refractivity contribution is -0.146. The Bertz CT molecular complexity index is 466. The molecule has 1 aliphatic rings. The molecule has 2 atom stereocenters. The topological polar surface area (TPSA) is 83.6 Å². The molecule has 6 heteroatoms. The average molecular weight is 280 g/mol. The Labute approximate surface area is 115 Å². The zero-order chi connectivity index (χ0) is 13.8. The fraction of sp³-hybridized carbons (Fsp3) is 0.385. The van der Waals surface area contributed by atoms with Crippen molar-refractivity contribution in [1.82, 2.24) is 4.90 Å². The second-order valence-electron chi connectivity index (χ2n) is 4.43. The maximum absolute atomic E-state index is 12.2. The van der Waals surface area contributed by atoms with Crippen LogP contribution >= 0.6 is 11.8 Å². The van der Waals surface area contributed by atoms with Crippen LogP contribution < -0.4 is 5.73 Å². The minimum atomic E-state index is -1.02. The second-order valence-corrected chi connectivity index (χ2v) is 5.51. The van der Waals surface area contributed by atoms with E-state index in [0.717, 1.165) is 5.56 Å². The monoisotopic (exact) mass is 280 g/mol.